The van der Waals surface area contributed by atoms with E-state index in [4.69, 9.17) is 14.2 Å². The third-order valence-electron chi connectivity index (χ3n) is 7.53. The summed E-state index contributed by atoms with van der Waals surface area (Å²) in [5.74, 6) is -2.08. The second-order valence-corrected chi connectivity index (χ2v) is 9.86. The van der Waals surface area contributed by atoms with Gasteiger partial charge in [0.05, 0.1) is 43.4 Å². The van der Waals surface area contributed by atoms with Gasteiger partial charge in [-0.3, -0.25) is 9.88 Å². The van der Waals surface area contributed by atoms with E-state index in [1.807, 2.05) is 11.6 Å². The summed E-state index contributed by atoms with van der Waals surface area (Å²) in [6, 6.07) is 3.13. The molecule has 0 spiro atoms. The first-order valence-corrected chi connectivity index (χ1v) is 12.8. The maximum Gasteiger partial charge on any atom is 0.172 e. The van der Waals surface area contributed by atoms with Crippen molar-refractivity contribution < 1.29 is 27.4 Å². The summed E-state index contributed by atoms with van der Waals surface area (Å²) < 4.78 is 62.2. The fourth-order valence-electron chi connectivity index (χ4n) is 5.26. The van der Waals surface area contributed by atoms with Crippen LogP contribution in [0.5, 0.6) is 5.75 Å². The lowest BCUT2D eigenvalue weighted by atomic mass is 10.0. The van der Waals surface area contributed by atoms with E-state index in [-0.39, 0.29) is 29.6 Å². The fraction of sp³-hybridized carbons (Fsp3) is 0.462. The number of aromatic nitrogens is 6. The van der Waals surface area contributed by atoms with Gasteiger partial charge in [0.1, 0.15) is 47.0 Å². The number of pyridine rings is 2. The molecule has 13 heteroatoms. The second kappa shape index (κ2) is 10.5. The molecule has 1 unspecified atom stereocenters. The number of piperidine rings is 1. The first-order valence-electron chi connectivity index (χ1n) is 12.8. The first-order chi connectivity index (χ1) is 18.9. The number of likely N-dealkylation sites (tertiary alicyclic amines) is 1. The van der Waals surface area contributed by atoms with Crippen molar-refractivity contribution in [3.63, 3.8) is 0 Å². The summed E-state index contributed by atoms with van der Waals surface area (Å²) >= 11 is 0. The van der Waals surface area contributed by atoms with Crippen LogP contribution in [-0.4, -0.2) is 80.6 Å². The number of ether oxygens (including phenoxy) is 3. The number of nitrogens with zero attached hydrogens (tertiary/aromatic N) is 7. The number of fused-ring (bicyclic) bond motifs is 1. The van der Waals surface area contributed by atoms with E-state index in [0.29, 0.717) is 17.3 Å². The molecule has 6 rings (SSSR count). The third-order valence-corrected chi connectivity index (χ3v) is 7.53. The van der Waals surface area contributed by atoms with Gasteiger partial charge in [0.2, 0.25) is 0 Å². The van der Waals surface area contributed by atoms with Crippen molar-refractivity contribution in [3.05, 3.63) is 59.6 Å². The minimum atomic E-state index is -0.958. The van der Waals surface area contributed by atoms with Crippen LogP contribution in [0.15, 0.2) is 30.7 Å². The molecule has 2 aliphatic rings. The van der Waals surface area contributed by atoms with Crippen molar-refractivity contribution in [3.8, 4) is 17.0 Å². The van der Waals surface area contributed by atoms with Crippen molar-refractivity contribution in [2.24, 2.45) is 0 Å². The molecule has 0 bridgehead atoms. The van der Waals surface area contributed by atoms with Gasteiger partial charge in [-0.2, -0.15) is 5.10 Å². The molecule has 2 aliphatic heterocycles. The van der Waals surface area contributed by atoms with Crippen LogP contribution in [0.4, 0.5) is 13.2 Å². The molecule has 2 fully saturated rings. The van der Waals surface area contributed by atoms with Crippen molar-refractivity contribution in [2.45, 2.75) is 38.0 Å². The Balaban J connectivity index is 1.25. The molecule has 4 aromatic heterocycles. The molecule has 6 heterocycles. The minimum Gasteiger partial charge on any atom is -0.488 e. The highest BCUT2D eigenvalue weighted by atomic mass is 19.1. The Morgan fingerprint density at radius 3 is 2.56 bits per heavy atom. The SMILES string of the molecule is COC(COc1cc(-c2nnn(C3CCN(C4COC4)CC3)c2C)cn2ncc(F)c12)c1ncc(F)cc1F. The molecular weight excluding hydrogens is 515 g/mol. The predicted molar refractivity (Wildman–Crippen MR) is 133 cm³/mol. The standard InChI is InChI=1S/C26H28F3N7O3/c1-15-24(32-33-36(15)18-3-5-34(6-4-18)19-12-38-13-19)16-7-22(26-21(29)10-31-35(26)11-16)39-14-23(37-2)25-20(28)8-17(27)9-30-25/h7-11,18-19,23H,3-6,12-14H2,1-2H3. The molecule has 0 radical (unpaired) electrons. The lowest BCUT2D eigenvalue weighted by Gasteiger charge is -2.41. The van der Waals surface area contributed by atoms with Gasteiger partial charge in [0, 0.05) is 38.0 Å². The molecule has 0 saturated carbocycles. The average molecular weight is 544 g/mol. The molecule has 39 heavy (non-hydrogen) atoms. The number of hydrogen-bond donors (Lipinski definition) is 0. The van der Waals surface area contributed by atoms with E-state index >= 15 is 0 Å². The van der Waals surface area contributed by atoms with Gasteiger partial charge in [-0.05, 0) is 25.8 Å². The highest BCUT2D eigenvalue weighted by Gasteiger charge is 2.31. The van der Waals surface area contributed by atoms with E-state index in [0.717, 1.165) is 63.3 Å². The molecule has 4 aromatic rings. The summed E-state index contributed by atoms with van der Waals surface area (Å²) in [6.45, 7) is 5.32. The zero-order chi connectivity index (χ0) is 27.1. The monoisotopic (exact) mass is 543 g/mol. The normalized spacial score (nSPS) is 18.0. The molecule has 1 atom stereocenters. The fourth-order valence-corrected chi connectivity index (χ4v) is 5.26. The van der Waals surface area contributed by atoms with Crippen LogP contribution in [0.1, 0.15) is 36.4 Å². The zero-order valence-electron chi connectivity index (χ0n) is 21.6. The summed E-state index contributed by atoms with van der Waals surface area (Å²) in [7, 11) is 1.36. The van der Waals surface area contributed by atoms with E-state index in [1.54, 1.807) is 12.3 Å². The van der Waals surface area contributed by atoms with E-state index in [9.17, 15) is 13.2 Å². The topological polar surface area (TPSA) is 91.8 Å². The Hall–Kier alpha value is -3.55. The maximum atomic E-state index is 14.7. The molecule has 0 aromatic carbocycles. The largest absolute Gasteiger partial charge is 0.488 e. The Labute approximate surface area is 222 Å². The smallest absolute Gasteiger partial charge is 0.172 e. The minimum absolute atomic E-state index is 0.110. The van der Waals surface area contributed by atoms with Crippen LogP contribution in [0.25, 0.3) is 16.8 Å². The van der Waals surface area contributed by atoms with Crippen LogP contribution in [0.3, 0.4) is 0 Å². The van der Waals surface area contributed by atoms with Gasteiger partial charge in [-0.25, -0.2) is 22.4 Å². The molecule has 0 amide bonds. The van der Waals surface area contributed by atoms with Gasteiger partial charge >= 0.3 is 0 Å². The predicted octanol–water partition coefficient (Wildman–Crippen LogP) is 3.52. The Morgan fingerprint density at radius 1 is 1.08 bits per heavy atom. The molecule has 206 valence electrons. The van der Waals surface area contributed by atoms with Crippen LogP contribution >= 0.6 is 0 Å². The third kappa shape index (κ3) is 4.85. The van der Waals surface area contributed by atoms with Crippen LogP contribution in [-0.2, 0) is 9.47 Å². The molecule has 2 saturated heterocycles. The quantitative estimate of drug-likeness (QED) is 0.334. The number of rotatable bonds is 8. The van der Waals surface area contributed by atoms with Crippen molar-refractivity contribution in [2.75, 3.05) is 40.0 Å². The van der Waals surface area contributed by atoms with Crippen molar-refractivity contribution in [1.82, 2.24) is 34.5 Å². The van der Waals surface area contributed by atoms with Crippen LogP contribution in [0.2, 0.25) is 0 Å². The van der Waals surface area contributed by atoms with E-state index in [2.05, 4.69) is 25.3 Å². The maximum absolute atomic E-state index is 14.7. The first kappa shape index (κ1) is 25.7. The Morgan fingerprint density at radius 2 is 1.87 bits per heavy atom. The van der Waals surface area contributed by atoms with Gasteiger partial charge in [0.25, 0.3) is 0 Å². The number of hydrogen-bond acceptors (Lipinski definition) is 8. The summed E-state index contributed by atoms with van der Waals surface area (Å²) in [5, 5.41) is 13.0. The van der Waals surface area contributed by atoms with Crippen LogP contribution in [0, 0.1) is 24.4 Å². The van der Waals surface area contributed by atoms with Gasteiger partial charge in [-0.1, -0.05) is 5.21 Å². The van der Waals surface area contributed by atoms with Crippen LogP contribution < -0.4 is 4.74 Å². The highest BCUT2D eigenvalue weighted by Crippen LogP contribution is 2.33. The number of methoxy groups -OCH3 is 1. The van der Waals surface area contributed by atoms with Crippen molar-refractivity contribution in [1.29, 1.82) is 0 Å². The van der Waals surface area contributed by atoms with Crippen molar-refractivity contribution >= 4 is 5.52 Å². The zero-order valence-corrected chi connectivity index (χ0v) is 21.6. The molecule has 10 nitrogen and oxygen atoms in total. The molecular formula is C26H28F3N7O3. The Kier molecular flexibility index (Phi) is 6.95. The Bertz CT molecular complexity index is 1480. The lowest BCUT2D eigenvalue weighted by molar-refractivity contribution is -0.0735. The molecule has 0 N–H and O–H groups in total. The number of halogens is 3. The average Bonchev–Trinajstić information content (AvgIpc) is 3.47. The summed E-state index contributed by atoms with van der Waals surface area (Å²) in [6.07, 6.45) is 4.62. The highest BCUT2D eigenvalue weighted by molar-refractivity contribution is 5.70. The molecule has 0 aliphatic carbocycles. The van der Waals surface area contributed by atoms with Gasteiger partial charge < -0.3 is 14.2 Å². The van der Waals surface area contributed by atoms with Gasteiger partial charge in [-0.15, -0.1) is 5.10 Å². The lowest BCUT2D eigenvalue weighted by Crippen LogP contribution is -2.52. The summed E-state index contributed by atoms with van der Waals surface area (Å²) in [5.41, 5.74) is 2.13. The van der Waals surface area contributed by atoms with E-state index in [1.165, 1.54) is 11.6 Å². The van der Waals surface area contributed by atoms with Gasteiger partial charge in [0.15, 0.2) is 5.82 Å². The van der Waals surface area contributed by atoms with E-state index < -0.39 is 23.6 Å². The summed E-state index contributed by atoms with van der Waals surface area (Å²) in [4.78, 5) is 6.27. The second-order valence-electron chi connectivity index (χ2n) is 9.86.